The highest BCUT2D eigenvalue weighted by Gasteiger charge is 2.23. The van der Waals surface area contributed by atoms with Crippen LogP contribution in [0.15, 0.2) is 186 Å². The van der Waals surface area contributed by atoms with E-state index in [1.807, 2.05) is 154 Å². The fraction of sp³-hybridized carbons (Fsp3) is 0.239. The number of nitrogen functional groups attached to an aromatic ring is 2. The lowest BCUT2D eigenvalue weighted by Gasteiger charge is -2.18. The molecule has 1 aliphatic rings. The summed E-state index contributed by atoms with van der Waals surface area (Å²) in [7, 11) is 0. The predicted molar refractivity (Wildman–Crippen MR) is 323 cm³/mol. The van der Waals surface area contributed by atoms with Crippen LogP contribution in [0.4, 0.5) is 28.4 Å². The molecule has 2 amide bonds. The van der Waals surface area contributed by atoms with E-state index in [9.17, 15) is 9.59 Å². The van der Waals surface area contributed by atoms with Crippen LogP contribution in [0.25, 0.3) is 38.9 Å². The number of rotatable bonds is 23. The number of nitrogens with zero attached hydrogens (tertiary/aromatic N) is 3. The van der Waals surface area contributed by atoms with Gasteiger partial charge in [-0.05, 0) is 165 Å². The molecule has 1 aromatic heterocycles. The van der Waals surface area contributed by atoms with Crippen molar-refractivity contribution >= 4 is 68.0 Å². The zero-order chi connectivity index (χ0) is 55.3. The highest BCUT2D eigenvalue weighted by Crippen LogP contribution is 2.35. The molecule has 8 aromatic rings. The Morgan fingerprint density at radius 1 is 0.582 bits per heavy atom. The lowest BCUT2D eigenvalue weighted by Crippen LogP contribution is -2.33. The minimum absolute atomic E-state index is 0.0929. The van der Waals surface area contributed by atoms with Crippen LogP contribution in [0.1, 0.15) is 95.7 Å². The number of benzene rings is 7. The molecule has 1 heterocycles. The molecule has 0 aliphatic heterocycles. The minimum atomic E-state index is -0.0953. The molecule has 0 saturated carbocycles. The van der Waals surface area contributed by atoms with E-state index in [1.165, 1.54) is 0 Å². The fourth-order valence-corrected chi connectivity index (χ4v) is 9.61. The number of aryl methyl sites for hydroxylation is 3. The van der Waals surface area contributed by atoms with Crippen molar-refractivity contribution in [2.24, 2.45) is 4.99 Å². The maximum atomic E-state index is 13.0. The van der Waals surface area contributed by atoms with Gasteiger partial charge < -0.3 is 36.9 Å². The van der Waals surface area contributed by atoms with E-state index in [0.717, 1.165) is 158 Å². The number of carbonyl (C=O) groups is 2. The number of aliphatic imine (C=N–C) groups is 1. The lowest BCUT2D eigenvalue weighted by atomic mass is 10.0. The number of para-hydroxylation sites is 2. The van der Waals surface area contributed by atoms with Crippen molar-refractivity contribution in [2.75, 3.05) is 43.1 Å². The van der Waals surface area contributed by atoms with Crippen LogP contribution in [0.5, 0.6) is 5.75 Å². The summed E-state index contributed by atoms with van der Waals surface area (Å²) in [6.07, 6.45) is 11.4. The number of unbranched alkanes of at least 4 members (excludes halogenated alkanes) is 6. The summed E-state index contributed by atoms with van der Waals surface area (Å²) < 4.78 is 14.7. The molecule has 7 N–H and O–H groups in total. The predicted octanol–water partition coefficient (Wildman–Crippen LogP) is 14.0. The van der Waals surface area contributed by atoms with E-state index < -0.39 is 0 Å². The molecule has 0 bridgehead atoms. The van der Waals surface area contributed by atoms with E-state index in [-0.39, 0.29) is 11.8 Å². The van der Waals surface area contributed by atoms with Crippen LogP contribution >= 0.6 is 0 Å². The van der Waals surface area contributed by atoms with Crippen molar-refractivity contribution in [3.8, 4) is 22.6 Å². The van der Waals surface area contributed by atoms with Crippen LogP contribution in [0, 0.1) is 20.8 Å². The monoisotopic (exact) mass is 1050 g/mol. The number of hydrogen-bond acceptors (Lipinski definition) is 9. The molecule has 0 atom stereocenters. The number of nitrogens with two attached hydrogens (primary N) is 2. The largest absolute Gasteiger partial charge is 0.493 e. The van der Waals surface area contributed by atoms with Crippen LogP contribution in [-0.2, 0) is 4.74 Å². The molecule has 0 unspecified atom stereocenters. The maximum Gasteiger partial charge on any atom is 0.251 e. The Balaban J connectivity index is 0.645. The standard InChI is InChI=1S/C67H70N8O4/c1-44-36-58(59(41-55(44)68)72-53-20-12-10-13-21-53)73-57-38-47(4)64(40-46(57)3)78-34-18-8-6-16-32-70-66(76)51-28-24-49(25-29-51)50-26-30-52(31-27-50)67(77)71-33-17-7-9-19-35-79-65-43-63-61(39-48(65)5)74-60-37-45(2)56(69)42-62(60)75(63)54-22-14-11-15-23-54/h10-15,20-31,36-43,69,72H,3,6-9,16-19,32-35,68H2,1-2,4-5H3,(H2,70,71,76,77)/p+1. The molecule has 402 valence electrons. The second-order valence-corrected chi connectivity index (χ2v) is 20.4. The van der Waals surface area contributed by atoms with Gasteiger partial charge in [0.2, 0.25) is 16.7 Å². The topological polar surface area (TPSA) is 170 Å². The molecule has 0 saturated heterocycles. The van der Waals surface area contributed by atoms with Gasteiger partial charge in [0.25, 0.3) is 11.8 Å². The number of ether oxygens (including phenoxy) is 2. The third-order valence-corrected chi connectivity index (χ3v) is 14.3. The third-order valence-electron chi connectivity index (χ3n) is 14.3. The molecule has 7 aromatic carbocycles. The van der Waals surface area contributed by atoms with Gasteiger partial charge in [-0.15, -0.1) is 4.57 Å². The first-order chi connectivity index (χ1) is 38.4. The normalized spacial score (nSPS) is 12.8. The molecule has 12 heteroatoms. The van der Waals surface area contributed by atoms with Gasteiger partial charge in [0.1, 0.15) is 22.5 Å². The molecule has 79 heavy (non-hydrogen) atoms. The first-order valence-corrected chi connectivity index (χ1v) is 27.4. The van der Waals surface area contributed by atoms with Gasteiger partial charge in [0.15, 0.2) is 0 Å². The number of anilines is 4. The maximum absolute atomic E-state index is 13.0. The molecular formula is C67H71N8O4+. The van der Waals surface area contributed by atoms with Gasteiger partial charge in [0.05, 0.1) is 36.4 Å². The summed E-state index contributed by atoms with van der Waals surface area (Å²) in [5.74, 6) is 1.45. The Bertz CT molecular complexity index is 3590. The second kappa shape index (κ2) is 25.9. The van der Waals surface area contributed by atoms with Crippen molar-refractivity contribution in [2.45, 2.75) is 79.1 Å². The summed E-state index contributed by atoms with van der Waals surface area (Å²) in [5.41, 5.74) is 30.0. The summed E-state index contributed by atoms with van der Waals surface area (Å²) in [4.78, 5) is 36.0. The van der Waals surface area contributed by atoms with Crippen LogP contribution in [0.3, 0.4) is 0 Å². The van der Waals surface area contributed by atoms with Crippen molar-refractivity contribution < 1.29 is 23.6 Å². The van der Waals surface area contributed by atoms with Crippen molar-refractivity contribution in [3.05, 3.63) is 209 Å². The number of amides is 2. The number of nitrogens with one attached hydrogen (secondary N) is 3. The first kappa shape index (κ1) is 54.7. The fourth-order valence-electron chi connectivity index (χ4n) is 9.61. The van der Waals surface area contributed by atoms with Gasteiger partial charge in [-0.1, -0.05) is 92.9 Å². The smallest absolute Gasteiger partial charge is 0.251 e. The van der Waals surface area contributed by atoms with Crippen LogP contribution < -0.4 is 36.7 Å². The van der Waals surface area contributed by atoms with Gasteiger partial charge >= 0.3 is 0 Å². The second-order valence-electron chi connectivity index (χ2n) is 20.4. The van der Waals surface area contributed by atoms with Crippen molar-refractivity contribution in [1.29, 1.82) is 0 Å². The Hall–Kier alpha value is -9.03. The minimum Gasteiger partial charge on any atom is -0.493 e. The Labute approximate surface area is 464 Å². The molecule has 0 fully saturated rings. The number of carbonyl (C=O) groups excluding carboxylic acids is 2. The zero-order valence-electron chi connectivity index (χ0n) is 45.8. The van der Waals surface area contributed by atoms with Gasteiger partial charge in [-0.25, -0.2) is 9.98 Å². The third kappa shape index (κ3) is 13.9. The quantitative estimate of drug-likeness (QED) is 0.0182. The SMILES string of the molecule is C=C1C=C(OCCCCCCNC(=O)c2ccc(-c3ccc(C(=O)NCCCCCCOc4cc5c(cc4C)nc4cc(C)c(N)cc4[n+]5-c4ccccc4)cc3)cc2)C(C)=CC1=Nc1cc(C)c(N)cc1Nc1ccccc1. The highest BCUT2D eigenvalue weighted by atomic mass is 16.5. The number of aromatic nitrogens is 2. The van der Waals surface area contributed by atoms with E-state index in [1.54, 1.807) is 0 Å². The summed E-state index contributed by atoms with van der Waals surface area (Å²) >= 11 is 0. The molecule has 1 aliphatic carbocycles. The highest BCUT2D eigenvalue weighted by molar-refractivity contribution is 6.13. The summed E-state index contributed by atoms with van der Waals surface area (Å²) in [6, 6.07) is 47.5. The Morgan fingerprint density at radius 3 is 1.73 bits per heavy atom. The van der Waals surface area contributed by atoms with Crippen LogP contribution in [0.2, 0.25) is 0 Å². The summed E-state index contributed by atoms with van der Waals surface area (Å²) in [6.45, 7) is 14.7. The molecule has 0 radical (unpaired) electrons. The van der Waals surface area contributed by atoms with E-state index in [0.29, 0.717) is 43.1 Å². The van der Waals surface area contributed by atoms with Gasteiger partial charge in [0, 0.05) is 59.5 Å². The van der Waals surface area contributed by atoms with Crippen LogP contribution in [-0.4, -0.2) is 48.8 Å². The molecule has 9 rings (SSSR count). The summed E-state index contributed by atoms with van der Waals surface area (Å²) in [5, 5.41) is 9.58. The number of hydrogen-bond donors (Lipinski definition) is 5. The Kier molecular flexibility index (Phi) is 17.9. The van der Waals surface area contributed by atoms with E-state index in [4.69, 9.17) is 30.9 Å². The first-order valence-electron chi connectivity index (χ1n) is 27.4. The van der Waals surface area contributed by atoms with Crippen molar-refractivity contribution in [3.63, 3.8) is 0 Å². The lowest BCUT2D eigenvalue weighted by molar-refractivity contribution is -0.538. The molecule has 12 nitrogen and oxygen atoms in total. The number of allylic oxidation sites excluding steroid dienone is 4. The van der Waals surface area contributed by atoms with Gasteiger partial charge in [-0.2, -0.15) is 0 Å². The number of fused-ring (bicyclic) bond motifs is 2. The van der Waals surface area contributed by atoms with E-state index >= 15 is 0 Å². The van der Waals surface area contributed by atoms with Gasteiger partial charge in [-0.3, -0.25) is 9.59 Å². The molecule has 0 spiro atoms. The van der Waals surface area contributed by atoms with E-state index in [2.05, 4.69) is 58.3 Å². The Morgan fingerprint density at radius 2 is 1.11 bits per heavy atom. The zero-order valence-corrected chi connectivity index (χ0v) is 45.8. The van der Waals surface area contributed by atoms with Crippen molar-refractivity contribution in [1.82, 2.24) is 15.6 Å². The average molecular weight is 1050 g/mol. The molecular weight excluding hydrogens is 981 g/mol. The average Bonchev–Trinajstić information content (AvgIpc) is 3.46.